The minimum absolute atomic E-state index is 0.0622. The maximum atomic E-state index is 11.4. The summed E-state index contributed by atoms with van der Waals surface area (Å²) in [6.45, 7) is 5.85. The molecule has 0 amide bonds. The van der Waals surface area contributed by atoms with Crippen molar-refractivity contribution in [1.82, 2.24) is 4.90 Å². The van der Waals surface area contributed by atoms with E-state index in [-0.39, 0.29) is 16.5 Å². The molecule has 0 spiro atoms. The molecule has 1 aliphatic heterocycles. The number of morpholine rings is 1. The van der Waals surface area contributed by atoms with Gasteiger partial charge in [-0.15, -0.1) is 0 Å². The van der Waals surface area contributed by atoms with Crippen LogP contribution in [0.3, 0.4) is 0 Å². The van der Waals surface area contributed by atoms with Crippen LogP contribution < -0.4 is 5.14 Å². The normalized spacial score (nSPS) is 17.8. The number of nitrogens with two attached hydrogens (primary N) is 1. The Bertz CT molecular complexity index is 671. The maximum Gasteiger partial charge on any atom is 0.274 e. The lowest BCUT2D eigenvalue weighted by Gasteiger charge is -2.27. The Balaban J connectivity index is 2.15. The summed E-state index contributed by atoms with van der Waals surface area (Å²) in [5.74, 6) is -0.0622. The van der Waals surface area contributed by atoms with E-state index in [9.17, 15) is 18.5 Å². The van der Waals surface area contributed by atoms with Gasteiger partial charge in [0.1, 0.15) is 0 Å². The van der Waals surface area contributed by atoms with E-state index in [1.54, 1.807) is 0 Å². The van der Waals surface area contributed by atoms with Crippen LogP contribution in [-0.4, -0.2) is 51.1 Å². The molecule has 1 aromatic rings. The summed E-state index contributed by atoms with van der Waals surface area (Å²) >= 11 is 0. The third-order valence-corrected chi connectivity index (χ3v) is 4.95. The van der Waals surface area contributed by atoms with Crippen molar-refractivity contribution < 1.29 is 18.1 Å². The molecule has 1 heterocycles. The van der Waals surface area contributed by atoms with Crippen LogP contribution in [0.1, 0.15) is 24.8 Å². The Morgan fingerprint density at radius 3 is 2.61 bits per heavy atom. The SMILES string of the molecule is CC(CCN1CCOCC1)c1ccc(S(N)(=O)=O)cc1[N+](=O)[O-]. The Labute approximate surface area is 135 Å². The molecule has 2 rings (SSSR count). The van der Waals surface area contributed by atoms with Crippen LogP contribution in [0.2, 0.25) is 0 Å². The van der Waals surface area contributed by atoms with Crippen molar-refractivity contribution in [3.05, 3.63) is 33.9 Å². The van der Waals surface area contributed by atoms with Crippen LogP contribution in [0, 0.1) is 10.1 Å². The number of nitro groups is 1. The van der Waals surface area contributed by atoms with E-state index in [0.29, 0.717) is 18.8 Å². The summed E-state index contributed by atoms with van der Waals surface area (Å²) in [6, 6.07) is 3.85. The lowest BCUT2D eigenvalue weighted by Crippen LogP contribution is -2.37. The molecule has 1 aliphatic rings. The zero-order chi connectivity index (χ0) is 17.0. The Hall–Kier alpha value is -1.55. The van der Waals surface area contributed by atoms with Crippen LogP contribution >= 0.6 is 0 Å². The molecule has 128 valence electrons. The number of rotatable bonds is 6. The van der Waals surface area contributed by atoms with Crippen molar-refractivity contribution in [3.63, 3.8) is 0 Å². The van der Waals surface area contributed by atoms with Gasteiger partial charge in [-0.1, -0.05) is 13.0 Å². The van der Waals surface area contributed by atoms with Gasteiger partial charge in [0.2, 0.25) is 10.0 Å². The Morgan fingerprint density at radius 2 is 2.04 bits per heavy atom. The third kappa shape index (κ3) is 4.71. The van der Waals surface area contributed by atoms with Gasteiger partial charge >= 0.3 is 0 Å². The van der Waals surface area contributed by atoms with Crippen molar-refractivity contribution in [2.75, 3.05) is 32.8 Å². The van der Waals surface area contributed by atoms with Gasteiger partial charge in [-0.3, -0.25) is 15.0 Å². The highest BCUT2D eigenvalue weighted by molar-refractivity contribution is 7.89. The highest BCUT2D eigenvalue weighted by Gasteiger charge is 2.23. The van der Waals surface area contributed by atoms with Gasteiger partial charge in [-0.2, -0.15) is 0 Å². The lowest BCUT2D eigenvalue weighted by atomic mass is 9.96. The molecule has 0 bridgehead atoms. The molecule has 2 N–H and O–H groups in total. The fourth-order valence-corrected chi connectivity index (χ4v) is 3.17. The van der Waals surface area contributed by atoms with Crippen LogP contribution in [0.5, 0.6) is 0 Å². The fourth-order valence-electron chi connectivity index (χ4n) is 2.63. The zero-order valence-electron chi connectivity index (χ0n) is 13.0. The number of primary sulfonamides is 1. The first-order valence-corrected chi connectivity index (χ1v) is 8.95. The minimum Gasteiger partial charge on any atom is -0.379 e. The summed E-state index contributed by atoms with van der Waals surface area (Å²) < 4.78 is 28.0. The number of hydrogen-bond acceptors (Lipinski definition) is 6. The van der Waals surface area contributed by atoms with E-state index in [0.717, 1.165) is 32.1 Å². The van der Waals surface area contributed by atoms with Gasteiger partial charge < -0.3 is 4.74 Å². The topological polar surface area (TPSA) is 116 Å². The second-order valence-corrected chi connectivity index (χ2v) is 7.23. The molecule has 1 unspecified atom stereocenters. The van der Waals surface area contributed by atoms with Crippen LogP contribution in [-0.2, 0) is 14.8 Å². The number of benzene rings is 1. The first-order valence-electron chi connectivity index (χ1n) is 7.40. The molecule has 0 saturated carbocycles. The summed E-state index contributed by atoms with van der Waals surface area (Å²) in [6.07, 6.45) is 0.746. The molecule has 0 aromatic heterocycles. The second kappa shape index (κ2) is 7.35. The second-order valence-electron chi connectivity index (χ2n) is 5.67. The molecular weight excluding hydrogens is 322 g/mol. The summed E-state index contributed by atoms with van der Waals surface area (Å²) in [4.78, 5) is 12.7. The molecular formula is C14H21N3O5S. The molecule has 0 radical (unpaired) electrons. The number of sulfonamides is 1. The van der Waals surface area contributed by atoms with Gasteiger partial charge in [0, 0.05) is 24.7 Å². The molecule has 1 aromatic carbocycles. The summed E-state index contributed by atoms with van der Waals surface area (Å²) in [7, 11) is -3.96. The average Bonchev–Trinajstić information content (AvgIpc) is 2.52. The van der Waals surface area contributed by atoms with Crippen molar-refractivity contribution in [2.45, 2.75) is 24.2 Å². The van der Waals surface area contributed by atoms with Crippen LogP contribution in [0.15, 0.2) is 23.1 Å². The van der Waals surface area contributed by atoms with Gasteiger partial charge in [-0.05, 0) is 24.9 Å². The molecule has 1 fully saturated rings. The van der Waals surface area contributed by atoms with Gasteiger partial charge in [0.25, 0.3) is 5.69 Å². The predicted molar refractivity (Wildman–Crippen MR) is 84.8 cm³/mol. The number of hydrogen-bond donors (Lipinski definition) is 1. The van der Waals surface area contributed by atoms with Gasteiger partial charge in [-0.25, -0.2) is 13.6 Å². The highest BCUT2D eigenvalue weighted by atomic mass is 32.2. The van der Waals surface area contributed by atoms with Crippen molar-refractivity contribution in [2.24, 2.45) is 5.14 Å². The van der Waals surface area contributed by atoms with Crippen molar-refractivity contribution in [3.8, 4) is 0 Å². The molecule has 9 heteroatoms. The third-order valence-electron chi connectivity index (χ3n) is 4.04. The van der Waals surface area contributed by atoms with Gasteiger partial charge in [0.15, 0.2) is 0 Å². The fraction of sp³-hybridized carbons (Fsp3) is 0.571. The van der Waals surface area contributed by atoms with Crippen molar-refractivity contribution >= 4 is 15.7 Å². The molecule has 1 saturated heterocycles. The van der Waals surface area contributed by atoms with E-state index in [1.165, 1.54) is 12.1 Å². The number of nitrogens with zero attached hydrogens (tertiary/aromatic N) is 2. The first kappa shape index (κ1) is 17.8. The van der Waals surface area contributed by atoms with E-state index >= 15 is 0 Å². The smallest absolute Gasteiger partial charge is 0.274 e. The number of nitro benzene ring substituents is 1. The monoisotopic (exact) mass is 343 g/mol. The lowest BCUT2D eigenvalue weighted by molar-refractivity contribution is -0.385. The quantitative estimate of drug-likeness (QED) is 0.610. The van der Waals surface area contributed by atoms with E-state index in [4.69, 9.17) is 9.88 Å². The van der Waals surface area contributed by atoms with Crippen LogP contribution in [0.4, 0.5) is 5.69 Å². The molecule has 23 heavy (non-hydrogen) atoms. The largest absolute Gasteiger partial charge is 0.379 e. The van der Waals surface area contributed by atoms with Gasteiger partial charge in [0.05, 0.1) is 23.0 Å². The summed E-state index contributed by atoms with van der Waals surface area (Å²) in [5, 5.41) is 16.3. The van der Waals surface area contributed by atoms with Crippen LogP contribution in [0.25, 0.3) is 0 Å². The maximum absolute atomic E-state index is 11.4. The molecule has 8 nitrogen and oxygen atoms in total. The summed E-state index contributed by atoms with van der Waals surface area (Å²) in [5.41, 5.74) is 0.321. The van der Waals surface area contributed by atoms with E-state index < -0.39 is 14.9 Å². The standard InChI is InChI=1S/C14H21N3O5S/c1-11(4-5-16-6-8-22-9-7-16)13-3-2-12(23(15,20)21)10-14(13)17(18)19/h2-3,10-11H,4-9H2,1H3,(H2,15,20,21). The number of ether oxygens (including phenoxy) is 1. The first-order chi connectivity index (χ1) is 10.8. The van der Waals surface area contributed by atoms with E-state index in [1.807, 2.05) is 6.92 Å². The minimum atomic E-state index is -3.96. The highest BCUT2D eigenvalue weighted by Crippen LogP contribution is 2.30. The Kier molecular flexibility index (Phi) is 5.69. The zero-order valence-corrected chi connectivity index (χ0v) is 13.8. The average molecular weight is 343 g/mol. The molecule has 0 aliphatic carbocycles. The molecule has 1 atom stereocenters. The van der Waals surface area contributed by atoms with E-state index in [2.05, 4.69) is 4.90 Å². The predicted octanol–water partition coefficient (Wildman–Crippen LogP) is 1.07. The van der Waals surface area contributed by atoms with Crippen molar-refractivity contribution in [1.29, 1.82) is 0 Å². The Morgan fingerprint density at radius 1 is 1.39 bits per heavy atom.